The molecule has 88 valence electrons. The number of carbonyl (C=O) groups is 1. The Morgan fingerprint density at radius 3 is 2.94 bits per heavy atom. The quantitative estimate of drug-likeness (QED) is 0.843. The Morgan fingerprint density at radius 2 is 2.31 bits per heavy atom. The zero-order chi connectivity index (χ0) is 11.4. The second-order valence-corrected chi connectivity index (χ2v) is 5.82. The Labute approximate surface area is 103 Å². The fraction of sp³-hybridized carbons (Fsp3) is 0.545. The van der Waals surface area contributed by atoms with E-state index in [2.05, 4.69) is 0 Å². The van der Waals surface area contributed by atoms with Gasteiger partial charge in [0.05, 0.1) is 0 Å². The monoisotopic (exact) mass is 258 g/mol. The fourth-order valence-electron chi connectivity index (χ4n) is 1.63. The number of carboxylic acids is 1. The number of thioether (sulfide) groups is 1. The zero-order valence-corrected chi connectivity index (χ0v) is 10.5. The molecule has 5 heteroatoms. The van der Waals surface area contributed by atoms with E-state index in [1.807, 2.05) is 5.38 Å². The largest absolute Gasteiger partial charge is 0.477 e. The van der Waals surface area contributed by atoms with Gasteiger partial charge >= 0.3 is 5.97 Å². The van der Waals surface area contributed by atoms with E-state index in [0.717, 1.165) is 36.7 Å². The smallest absolute Gasteiger partial charge is 0.345 e. The second kappa shape index (κ2) is 5.70. The molecule has 0 spiro atoms. The molecule has 16 heavy (non-hydrogen) atoms. The van der Waals surface area contributed by atoms with Gasteiger partial charge in [0.15, 0.2) is 0 Å². The maximum atomic E-state index is 10.7. The summed E-state index contributed by atoms with van der Waals surface area (Å²) in [5.74, 6) is 0.953. The highest BCUT2D eigenvalue weighted by molar-refractivity contribution is 7.99. The van der Waals surface area contributed by atoms with Gasteiger partial charge in [0.2, 0.25) is 0 Å². The Balaban J connectivity index is 1.81. The van der Waals surface area contributed by atoms with Crippen molar-refractivity contribution in [2.45, 2.75) is 17.7 Å². The normalized spacial score (nSPS) is 17.5. The first kappa shape index (κ1) is 12.0. The van der Waals surface area contributed by atoms with Crippen LogP contribution in [0.5, 0.6) is 0 Å². The lowest BCUT2D eigenvalue weighted by molar-refractivity contribution is 0.0701. The zero-order valence-electron chi connectivity index (χ0n) is 8.85. The van der Waals surface area contributed by atoms with E-state index in [-0.39, 0.29) is 0 Å². The molecule has 1 fully saturated rings. The molecule has 0 aromatic carbocycles. The van der Waals surface area contributed by atoms with Gasteiger partial charge < -0.3 is 9.84 Å². The van der Waals surface area contributed by atoms with Gasteiger partial charge in [-0.3, -0.25) is 0 Å². The van der Waals surface area contributed by atoms with Crippen molar-refractivity contribution in [2.24, 2.45) is 5.92 Å². The van der Waals surface area contributed by atoms with Crippen molar-refractivity contribution in [3.63, 3.8) is 0 Å². The number of hydrogen-bond donors (Lipinski definition) is 1. The molecule has 1 saturated heterocycles. The first-order valence-corrected chi connectivity index (χ1v) is 7.14. The van der Waals surface area contributed by atoms with E-state index >= 15 is 0 Å². The molecule has 2 rings (SSSR count). The van der Waals surface area contributed by atoms with Gasteiger partial charge in [0, 0.05) is 29.2 Å². The van der Waals surface area contributed by atoms with Gasteiger partial charge in [0.1, 0.15) is 4.88 Å². The summed E-state index contributed by atoms with van der Waals surface area (Å²) in [6.45, 7) is 1.74. The molecule has 0 bridgehead atoms. The van der Waals surface area contributed by atoms with E-state index in [1.165, 1.54) is 11.3 Å². The molecule has 1 aliphatic heterocycles. The summed E-state index contributed by atoms with van der Waals surface area (Å²) in [4.78, 5) is 12.2. The number of carboxylic acid groups (broad SMARTS) is 1. The minimum absolute atomic E-state index is 0.425. The van der Waals surface area contributed by atoms with Crippen LogP contribution in [0.1, 0.15) is 22.5 Å². The van der Waals surface area contributed by atoms with Crippen molar-refractivity contribution in [2.75, 3.05) is 19.0 Å². The molecular weight excluding hydrogens is 244 g/mol. The highest BCUT2D eigenvalue weighted by Crippen LogP contribution is 2.29. The van der Waals surface area contributed by atoms with Crippen LogP contribution < -0.4 is 0 Å². The topological polar surface area (TPSA) is 46.5 Å². The number of ether oxygens (including phenoxy) is 1. The molecule has 0 amide bonds. The van der Waals surface area contributed by atoms with E-state index in [1.54, 1.807) is 17.8 Å². The lowest BCUT2D eigenvalue weighted by atomic mass is 10.0. The van der Waals surface area contributed by atoms with Gasteiger partial charge in [-0.05, 0) is 24.8 Å². The summed E-state index contributed by atoms with van der Waals surface area (Å²) in [5.41, 5.74) is 0. The molecule has 0 aliphatic carbocycles. The Kier molecular flexibility index (Phi) is 4.26. The number of rotatable bonds is 4. The molecule has 0 saturated carbocycles. The lowest BCUT2D eigenvalue weighted by Crippen LogP contribution is -2.17. The summed E-state index contributed by atoms with van der Waals surface area (Å²) < 4.78 is 5.30. The Hall–Kier alpha value is -0.520. The highest BCUT2D eigenvalue weighted by atomic mass is 32.2. The number of hydrogen-bond acceptors (Lipinski definition) is 4. The first-order valence-electron chi connectivity index (χ1n) is 5.28. The van der Waals surface area contributed by atoms with Gasteiger partial charge in [-0.2, -0.15) is 0 Å². The lowest BCUT2D eigenvalue weighted by Gasteiger charge is -2.21. The maximum absolute atomic E-state index is 10.7. The van der Waals surface area contributed by atoms with Crippen molar-refractivity contribution in [3.05, 3.63) is 16.3 Å². The van der Waals surface area contributed by atoms with Crippen molar-refractivity contribution in [1.82, 2.24) is 0 Å². The maximum Gasteiger partial charge on any atom is 0.345 e. The van der Waals surface area contributed by atoms with Crippen LogP contribution >= 0.6 is 23.1 Å². The summed E-state index contributed by atoms with van der Waals surface area (Å²) in [5, 5.41) is 10.7. The van der Waals surface area contributed by atoms with Crippen molar-refractivity contribution in [1.29, 1.82) is 0 Å². The third kappa shape index (κ3) is 3.23. The van der Waals surface area contributed by atoms with E-state index in [4.69, 9.17) is 9.84 Å². The molecule has 0 unspecified atom stereocenters. The van der Waals surface area contributed by atoms with Crippen LogP contribution in [0.25, 0.3) is 0 Å². The third-order valence-electron chi connectivity index (χ3n) is 2.61. The van der Waals surface area contributed by atoms with Crippen molar-refractivity contribution in [3.8, 4) is 0 Å². The van der Waals surface area contributed by atoms with E-state index < -0.39 is 5.97 Å². The summed E-state index contributed by atoms with van der Waals surface area (Å²) in [6.07, 6.45) is 2.26. The third-order valence-corrected chi connectivity index (χ3v) is 4.89. The van der Waals surface area contributed by atoms with Gasteiger partial charge in [-0.1, -0.05) is 0 Å². The number of thiophene rings is 1. The predicted molar refractivity (Wildman–Crippen MR) is 65.5 cm³/mol. The molecule has 0 radical (unpaired) electrons. The average Bonchev–Trinajstić information content (AvgIpc) is 2.76. The summed E-state index contributed by atoms with van der Waals surface area (Å²) >= 11 is 3.06. The Bertz CT molecular complexity index is 356. The minimum atomic E-state index is -0.831. The van der Waals surface area contributed by atoms with Crippen LogP contribution in [0.3, 0.4) is 0 Å². The molecule has 3 nitrogen and oxygen atoms in total. The van der Waals surface area contributed by atoms with Crippen LogP contribution in [0.2, 0.25) is 0 Å². The molecule has 2 heterocycles. The molecule has 1 aromatic rings. The SMILES string of the molecule is O=C(O)c1cc(SCC2CCOCC2)cs1. The molecule has 0 atom stereocenters. The minimum Gasteiger partial charge on any atom is -0.477 e. The molecule has 1 aromatic heterocycles. The fourth-order valence-corrected chi connectivity index (χ4v) is 3.69. The highest BCUT2D eigenvalue weighted by Gasteiger charge is 2.14. The van der Waals surface area contributed by atoms with Gasteiger partial charge in [-0.15, -0.1) is 23.1 Å². The summed E-state index contributed by atoms with van der Waals surface area (Å²) in [7, 11) is 0. The molecular formula is C11H14O3S2. The van der Waals surface area contributed by atoms with Gasteiger partial charge in [-0.25, -0.2) is 4.79 Å². The predicted octanol–water partition coefficient (Wildman–Crippen LogP) is 2.97. The summed E-state index contributed by atoms with van der Waals surface area (Å²) in [6, 6.07) is 1.76. The van der Waals surface area contributed by atoms with Crippen LogP contribution in [0.15, 0.2) is 16.3 Å². The van der Waals surface area contributed by atoms with E-state index in [0.29, 0.717) is 10.8 Å². The van der Waals surface area contributed by atoms with E-state index in [9.17, 15) is 4.79 Å². The van der Waals surface area contributed by atoms with Gasteiger partial charge in [0.25, 0.3) is 0 Å². The molecule has 1 N–H and O–H groups in total. The van der Waals surface area contributed by atoms with Crippen LogP contribution in [-0.4, -0.2) is 30.0 Å². The van der Waals surface area contributed by atoms with Crippen LogP contribution in [-0.2, 0) is 4.74 Å². The molecule has 1 aliphatic rings. The van der Waals surface area contributed by atoms with Crippen LogP contribution in [0.4, 0.5) is 0 Å². The average molecular weight is 258 g/mol. The van der Waals surface area contributed by atoms with Crippen molar-refractivity contribution < 1.29 is 14.6 Å². The first-order chi connectivity index (χ1) is 7.75. The second-order valence-electron chi connectivity index (χ2n) is 3.82. The Morgan fingerprint density at radius 1 is 1.56 bits per heavy atom. The van der Waals surface area contributed by atoms with Crippen LogP contribution in [0, 0.1) is 5.92 Å². The number of aromatic carboxylic acids is 1. The standard InChI is InChI=1S/C11H14O3S2/c12-11(13)10-5-9(7-16-10)15-6-8-1-3-14-4-2-8/h5,7-8H,1-4,6H2,(H,12,13). The van der Waals surface area contributed by atoms with Crippen molar-refractivity contribution >= 4 is 29.1 Å².